The topological polar surface area (TPSA) is 323 Å². The number of carbonyl (C=O) groups is 10. The van der Waals surface area contributed by atoms with Gasteiger partial charge in [-0.15, -0.1) is 0 Å². The van der Waals surface area contributed by atoms with Crippen LogP contribution in [0.25, 0.3) is 0 Å². The summed E-state index contributed by atoms with van der Waals surface area (Å²) in [6.07, 6.45) is 22.1. The van der Waals surface area contributed by atoms with Crippen molar-refractivity contribution >= 4 is 59.1 Å². The smallest absolute Gasteiger partial charge is 0.246 e. The van der Waals surface area contributed by atoms with Gasteiger partial charge >= 0.3 is 0 Å². The molecule has 7 N–H and O–H groups in total. The van der Waals surface area contributed by atoms with E-state index in [2.05, 4.69) is 265 Å². The maximum atomic E-state index is 11.5. The Morgan fingerprint density at radius 2 is 0.854 bits per heavy atom. The largest absolute Gasteiger partial charge is 0.510 e. The average molecular weight is 1920 g/mol. The van der Waals surface area contributed by atoms with Gasteiger partial charge in [-0.05, 0) is 256 Å². The third-order valence-electron chi connectivity index (χ3n) is 27.1. The second kappa shape index (κ2) is 59.1. The highest BCUT2D eigenvalue weighted by Crippen LogP contribution is 2.41. The third kappa shape index (κ3) is 39.7. The maximum Gasteiger partial charge on any atom is 0.246 e. The zero-order valence-electron chi connectivity index (χ0n) is 88.6. The van der Waals surface area contributed by atoms with Gasteiger partial charge in [-0.1, -0.05) is 100 Å². The number of likely N-dealkylation sites (tertiary alicyclic amines) is 12. The first-order valence-corrected chi connectivity index (χ1v) is 50.1. The summed E-state index contributed by atoms with van der Waals surface area (Å²) in [5, 5.41) is 34.4. The van der Waals surface area contributed by atoms with Gasteiger partial charge in [0.15, 0.2) is 0 Å². The molecule has 0 aliphatic carbocycles. The average Bonchev–Trinajstić information content (AvgIpc) is 1.37. The number of hydrogen-bond acceptors (Lipinski definition) is 21. The number of likely N-dealkylation sites (N-methyl/N-ethyl adjacent to an activating group) is 1. The second-order valence-corrected chi connectivity index (χ2v) is 41.9. The van der Waals surface area contributed by atoms with Gasteiger partial charge in [-0.3, -0.25) is 82.2 Å². The van der Waals surface area contributed by atoms with Crippen LogP contribution in [-0.2, 0) is 52.7 Å². The normalized spacial score (nSPS) is 22.7. The molecule has 12 heterocycles. The molecule has 0 aromatic carbocycles. The van der Waals surface area contributed by atoms with Crippen molar-refractivity contribution in [3.8, 4) is 0 Å². The third-order valence-corrected chi connectivity index (χ3v) is 27.1. The van der Waals surface area contributed by atoms with Gasteiger partial charge in [0.2, 0.25) is 59.1 Å². The summed E-state index contributed by atoms with van der Waals surface area (Å²) in [5.74, 6) is 1.23. The fourth-order valence-electron chi connectivity index (χ4n) is 18.8. The molecule has 7 atom stereocenters. The lowest BCUT2D eigenvalue weighted by molar-refractivity contribution is -0.157. The van der Waals surface area contributed by atoms with E-state index in [1.807, 2.05) is 33.4 Å². The maximum absolute atomic E-state index is 11.5. The number of piperidine rings is 2. The minimum atomic E-state index is -0.818. The first kappa shape index (κ1) is 122. The van der Waals surface area contributed by atoms with E-state index < -0.39 is 11.1 Å². The molecule has 0 bridgehead atoms. The minimum absolute atomic E-state index is 0.00129. The number of rotatable bonds is 30. The Kier molecular flexibility index (Phi) is 52.8. The lowest BCUT2D eigenvalue weighted by Gasteiger charge is -2.61. The number of nitrogens with zero attached hydrogens (tertiary/aromatic N) is 13. The van der Waals surface area contributed by atoms with Crippen LogP contribution in [0.4, 0.5) is 0 Å². The fourth-order valence-corrected chi connectivity index (χ4v) is 18.8. The molecule has 10 amide bonds. The van der Waals surface area contributed by atoms with E-state index in [1.54, 1.807) is 23.6 Å². The zero-order valence-corrected chi connectivity index (χ0v) is 88.6. The quantitative estimate of drug-likeness (QED) is 0.0260. The van der Waals surface area contributed by atoms with Crippen molar-refractivity contribution in [3.63, 3.8) is 0 Å². The van der Waals surface area contributed by atoms with Gasteiger partial charge in [-0.2, -0.15) is 0 Å². The van der Waals surface area contributed by atoms with E-state index in [0.717, 1.165) is 143 Å². The van der Waals surface area contributed by atoms with E-state index in [0.29, 0.717) is 122 Å². The number of nitrogens with one attached hydrogen (secondary N) is 5. The van der Waals surface area contributed by atoms with Crippen LogP contribution in [0.5, 0.6) is 0 Å². The molecular weight excluding hydrogens is 1730 g/mol. The van der Waals surface area contributed by atoms with Crippen LogP contribution < -0.4 is 26.6 Å². The van der Waals surface area contributed by atoms with Crippen LogP contribution >= 0.6 is 0 Å². The monoisotopic (exact) mass is 1920 g/mol. The molecule has 31 heteroatoms. The summed E-state index contributed by atoms with van der Waals surface area (Å²) < 4.78 is 5.48. The summed E-state index contributed by atoms with van der Waals surface area (Å²) >= 11 is 0. The molecule has 0 aromatic heterocycles. The number of aliphatic hydroxyl groups excluding tert-OH is 1. The highest BCUT2D eigenvalue weighted by Gasteiger charge is 2.54. The molecular formula is C106H184N18O13. The summed E-state index contributed by atoms with van der Waals surface area (Å²) in [5.41, 5.74) is -1.07. The van der Waals surface area contributed by atoms with Gasteiger partial charge in [0.25, 0.3) is 0 Å². The van der Waals surface area contributed by atoms with Gasteiger partial charge in [-0.25, -0.2) is 0 Å². The predicted molar refractivity (Wildman–Crippen MR) is 555 cm³/mol. The second-order valence-electron chi connectivity index (χ2n) is 41.9. The Hall–Kier alpha value is -8.76. The van der Waals surface area contributed by atoms with Crippen molar-refractivity contribution in [2.45, 2.75) is 317 Å². The SMILES string of the molecule is C=CC(=O)N1CC(N(C)C(C)C)C1.C=CC(=O)N1CC(NC(C)C)C1.C=CC(=O)N1CC(OC(C)C)C1.C=CC(=O)N1CC2(C1)CN(C(C)C)C2.C=CC(=O)N1CCC2C1CN2C(C)C.C=CC(=O)N1CCCC(CC(C)C)C1.C=CC(=O)NC1(C(=C)O)CN(C(C)C)C1.C=CC(=O)NC1CCCN(C(C)C)C1.C=CC(=O)NC1CCN(C(C)C)C1.C=CC(=O)NC1CN(C(C)C)C1C(C)(C)O. The standard InChI is InChI=1S/C12H22N2O2.C12H21NO.C11H18N2O2.2C11H18N2O.C11H20N2O.2C10H18N2O.C9H16N2O.C9H15NO2/c1-6-10(15)13-9-7-14(8(2)3)11(9)12(4,5)16;1-4-12(14)13-7-5-6-11(9-13)8-10(2)3;1-5-10(15)12-11(9(4)14)6-13(7-11)8(2)3;1-4-10(14)13-7-11(8-13)5-12(6-11)9(2)3;1-4-11(14)12-6-5-9-10(12)7-13(9)8(2)3;1-4-11(14)12-10-6-5-7-13(8-10)9(2)3;1-5-10(13)12-6-9(7-12)11(4)8(2)3;1-4-10(13)11-9-5-6-12(7-9)8(2)3;1-4-9(12)11-5-8(6-11)10-7(2)3;1-4-9(11)10-5-8(6-10)12-7(2)3/h6,8-9,11,16H,1,7H2,2-5H3,(H,13,15);4,10-11H,1,5-9H2,2-3H3;5,8,14H,1,4,6-7H2,2-3H3,(H,12,15);4,9H,1,5-8H2,2-3H3;4,8-10H,1,5-7H2,2-3H3;4,9-10H,1,5-8H2,2-3H3,(H,12,14);5,8-9H,1,6-7H2,2-4H3;4,8-9H,1,5-7H2,2-3H3,(H,11,13);4,7-8,10H,1,5-6H2,2-3H3;4,7-8H,1,5-6H2,2-3H3. The van der Waals surface area contributed by atoms with Crippen LogP contribution in [0.3, 0.4) is 0 Å². The van der Waals surface area contributed by atoms with Gasteiger partial charge < -0.3 is 70.9 Å². The van der Waals surface area contributed by atoms with E-state index in [-0.39, 0.29) is 89.1 Å². The first-order chi connectivity index (χ1) is 64.1. The molecule has 12 aliphatic rings. The summed E-state index contributed by atoms with van der Waals surface area (Å²) in [7, 11) is 2.10. The van der Waals surface area contributed by atoms with Gasteiger partial charge in [0.1, 0.15) is 11.3 Å². The molecule has 12 saturated heterocycles. The molecule has 12 fully saturated rings. The molecule has 1 spiro atoms. The number of ether oxygens (including phenoxy) is 1. The Bertz CT molecular complexity index is 3870. The molecule has 776 valence electrons. The molecule has 0 aromatic rings. The molecule has 7 unspecified atom stereocenters. The van der Waals surface area contributed by atoms with Crippen molar-refractivity contribution in [1.29, 1.82) is 0 Å². The number of aliphatic hydroxyl groups is 2. The van der Waals surface area contributed by atoms with Gasteiger partial charge in [0, 0.05) is 215 Å². The van der Waals surface area contributed by atoms with Crippen molar-refractivity contribution in [3.05, 3.63) is 139 Å². The molecule has 12 rings (SSSR count). The molecule has 0 radical (unpaired) electrons. The first-order valence-electron chi connectivity index (χ1n) is 50.1. The lowest BCUT2D eigenvalue weighted by Crippen LogP contribution is -2.74. The van der Waals surface area contributed by atoms with Crippen molar-refractivity contribution in [2.75, 3.05) is 144 Å². The number of fused-ring (bicyclic) bond motifs is 1. The van der Waals surface area contributed by atoms with Crippen molar-refractivity contribution < 1.29 is 62.9 Å². The van der Waals surface area contributed by atoms with E-state index in [4.69, 9.17) is 4.74 Å². The van der Waals surface area contributed by atoms with Crippen LogP contribution in [-0.4, -0.2) is 397 Å². The lowest BCUT2D eigenvalue weighted by atomic mass is 9.72. The highest BCUT2D eigenvalue weighted by molar-refractivity contribution is 5.91. The van der Waals surface area contributed by atoms with Crippen LogP contribution in [0.2, 0.25) is 0 Å². The van der Waals surface area contributed by atoms with Crippen LogP contribution in [0.15, 0.2) is 139 Å². The van der Waals surface area contributed by atoms with Crippen molar-refractivity contribution in [2.24, 2.45) is 17.3 Å². The fraction of sp³-hybridized carbons (Fsp3) is 0.698. The van der Waals surface area contributed by atoms with Gasteiger partial charge in [0.05, 0.1) is 35.9 Å². The summed E-state index contributed by atoms with van der Waals surface area (Å²) in [4.78, 5) is 139. The van der Waals surface area contributed by atoms with Crippen LogP contribution in [0.1, 0.15) is 197 Å². The molecule has 0 saturated carbocycles. The van der Waals surface area contributed by atoms with Crippen LogP contribution in [0, 0.1) is 17.3 Å². The predicted octanol–water partition coefficient (Wildman–Crippen LogP) is 9.24. The van der Waals surface area contributed by atoms with E-state index >= 15 is 0 Å². The van der Waals surface area contributed by atoms with E-state index in [9.17, 15) is 58.2 Å². The molecule has 137 heavy (non-hydrogen) atoms. The van der Waals surface area contributed by atoms with E-state index in [1.165, 1.54) is 80.0 Å². The Morgan fingerprint density at radius 1 is 0.423 bits per heavy atom. The molecule has 12 aliphatic heterocycles. The highest BCUT2D eigenvalue weighted by atomic mass is 16.5. The Balaban J connectivity index is 0.000000392. The Morgan fingerprint density at radius 3 is 1.27 bits per heavy atom. The Labute approximate surface area is 825 Å². The summed E-state index contributed by atoms with van der Waals surface area (Å²) in [6.45, 7) is 103. The summed E-state index contributed by atoms with van der Waals surface area (Å²) in [6, 6.07) is 6.88. The van der Waals surface area contributed by atoms with Crippen molar-refractivity contribution in [1.82, 2.24) is 90.3 Å². The minimum Gasteiger partial charge on any atom is -0.510 e. The molecule has 31 nitrogen and oxygen atoms in total. The number of hydrogen-bond donors (Lipinski definition) is 7. The number of carbonyl (C=O) groups excluding carboxylic acids is 10. The number of amides is 10. The zero-order chi connectivity index (χ0) is 104.